The summed E-state index contributed by atoms with van der Waals surface area (Å²) in [6.07, 6.45) is 4.52. The zero-order chi connectivity index (χ0) is 14.7. The molecule has 1 aromatic rings. The molecular weight excluding hydrogens is 386 g/mol. The lowest BCUT2D eigenvalue weighted by atomic mass is 10.1. The number of hydrogen-bond donors (Lipinski definition) is 1. The molecule has 2 heterocycles. The Balaban J connectivity index is 2.24. The number of aryl methyl sites for hydroxylation is 1. The Bertz CT molecular complexity index is 450. The first-order valence-electron chi connectivity index (χ1n) is 6.70. The maximum Gasteiger partial charge on any atom is 0.170 e. The summed E-state index contributed by atoms with van der Waals surface area (Å²) >= 11 is 2.37. The Hall–Kier alpha value is -0.240. The van der Waals surface area contributed by atoms with Crippen molar-refractivity contribution in [2.75, 3.05) is 36.9 Å². The quantitative estimate of drug-likeness (QED) is 0.467. The zero-order valence-corrected chi connectivity index (χ0v) is 15.3. The third kappa shape index (κ3) is 3.69. The van der Waals surface area contributed by atoms with Crippen LogP contribution in [0.15, 0.2) is 6.20 Å². The first-order chi connectivity index (χ1) is 9.52. The van der Waals surface area contributed by atoms with Gasteiger partial charge in [-0.05, 0) is 41.8 Å². The maximum absolute atomic E-state index is 5.96. The van der Waals surface area contributed by atoms with Gasteiger partial charge in [-0.25, -0.2) is 9.99 Å². The van der Waals surface area contributed by atoms with E-state index in [-0.39, 0.29) is 0 Å². The Morgan fingerprint density at radius 2 is 2.05 bits per heavy atom. The third-order valence-electron chi connectivity index (χ3n) is 3.46. The summed E-state index contributed by atoms with van der Waals surface area (Å²) in [5, 5.41) is 2.05. The van der Waals surface area contributed by atoms with Crippen molar-refractivity contribution >= 4 is 40.1 Å². The summed E-state index contributed by atoms with van der Waals surface area (Å²) in [6.45, 7) is 3.94. The molecule has 0 radical (unpaired) electrons. The summed E-state index contributed by atoms with van der Waals surface area (Å²) in [4.78, 5) is 11.6. The molecule has 1 aromatic heterocycles. The highest BCUT2D eigenvalue weighted by molar-refractivity contribution is 14.2. The largest absolute Gasteiger partial charge is 0.355 e. The van der Waals surface area contributed by atoms with Gasteiger partial charge in [0.15, 0.2) is 5.82 Å². The molecule has 6 nitrogen and oxygen atoms in total. The normalized spacial score (nSPS) is 17.4. The molecule has 2 rings (SSSR count). The number of hydrogen-bond acceptors (Lipinski definition) is 6. The van der Waals surface area contributed by atoms with Crippen LogP contribution in [-0.4, -0.2) is 48.2 Å². The molecule has 1 atom stereocenters. The van der Waals surface area contributed by atoms with Crippen LogP contribution in [-0.2, 0) is 0 Å². The molecule has 112 valence electrons. The van der Waals surface area contributed by atoms with E-state index >= 15 is 0 Å². The number of halogens is 1. The Labute approximate surface area is 135 Å². The molecule has 0 aliphatic carbocycles. The van der Waals surface area contributed by atoms with Crippen LogP contribution in [0.25, 0.3) is 0 Å². The first kappa shape index (κ1) is 16.1. The molecule has 0 bridgehead atoms. The van der Waals surface area contributed by atoms with Gasteiger partial charge >= 0.3 is 0 Å². The molecule has 2 N–H and O–H groups in total. The molecule has 8 heteroatoms. The molecule has 0 spiro atoms. The smallest absolute Gasteiger partial charge is 0.170 e. The second kappa shape index (κ2) is 7.15. The highest BCUT2D eigenvalue weighted by Crippen LogP contribution is 2.35. The van der Waals surface area contributed by atoms with Gasteiger partial charge in [0.25, 0.3) is 0 Å². The van der Waals surface area contributed by atoms with Crippen LogP contribution < -0.4 is 15.4 Å². The molecule has 1 saturated heterocycles. The van der Waals surface area contributed by atoms with E-state index in [0.717, 1.165) is 43.3 Å². The van der Waals surface area contributed by atoms with Crippen LogP contribution in [0.3, 0.4) is 0 Å². The summed E-state index contributed by atoms with van der Waals surface area (Å²) < 4.78 is 2.14. The van der Waals surface area contributed by atoms with E-state index in [2.05, 4.69) is 41.7 Å². The number of piperidine rings is 1. The molecule has 1 fully saturated rings. The van der Waals surface area contributed by atoms with Crippen molar-refractivity contribution in [1.82, 2.24) is 15.0 Å². The van der Waals surface area contributed by atoms with E-state index in [0.29, 0.717) is 12.4 Å². The van der Waals surface area contributed by atoms with Crippen molar-refractivity contribution in [2.45, 2.75) is 25.8 Å². The lowest BCUT2D eigenvalue weighted by Gasteiger charge is -2.33. The molecule has 1 unspecified atom stereocenters. The monoisotopic (exact) mass is 408 g/mol. The van der Waals surface area contributed by atoms with Crippen molar-refractivity contribution in [2.24, 2.45) is 5.73 Å². The molecule has 20 heavy (non-hydrogen) atoms. The van der Waals surface area contributed by atoms with Crippen molar-refractivity contribution in [1.29, 1.82) is 0 Å². The van der Waals surface area contributed by atoms with Crippen LogP contribution in [0.2, 0.25) is 0 Å². The van der Waals surface area contributed by atoms with E-state index < -0.39 is 0 Å². The minimum Gasteiger partial charge on any atom is -0.355 e. The SMILES string of the molecule is Cc1ncc(N2CCC(N)CC2)nc1N(PI)N(C)C. The van der Waals surface area contributed by atoms with Crippen LogP contribution in [0.4, 0.5) is 11.6 Å². The van der Waals surface area contributed by atoms with Gasteiger partial charge in [-0.1, -0.05) is 0 Å². The van der Waals surface area contributed by atoms with E-state index in [1.165, 1.54) is 0 Å². The predicted molar refractivity (Wildman–Crippen MR) is 94.7 cm³/mol. The molecule has 1 aliphatic heterocycles. The number of rotatable bonds is 4. The van der Waals surface area contributed by atoms with Gasteiger partial charge in [0.05, 0.1) is 18.3 Å². The lowest BCUT2D eigenvalue weighted by Crippen LogP contribution is -2.40. The Morgan fingerprint density at radius 3 is 2.60 bits per heavy atom. The van der Waals surface area contributed by atoms with Crippen molar-refractivity contribution in [3.8, 4) is 0 Å². The summed E-state index contributed by atoms with van der Waals surface area (Å²) in [5.41, 5.74) is 6.92. The molecular formula is C12H22IN6P. The number of nitrogens with zero attached hydrogens (tertiary/aromatic N) is 5. The highest BCUT2D eigenvalue weighted by atomic mass is 127. The molecule has 0 saturated carbocycles. The fourth-order valence-electron chi connectivity index (χ4n) is 2.22. The van der Waals surface area contributed by atoms with Gasteiger partial charge in [0.2, 0.25) is 0 Å². The van der Waals surface area contributed by atoms with Crippen LogP contribution in [0, 0.1) is 6.92 Å². The topological polar surface area (TPSA) is 61.5 Å². The fourth-order valence-corrected chi connectivity index (χ4v) is 4.64. The fraction of sp³-hybridized carbons (Fsp3) is 0.667. The standard InChI is InChI=1S/C12H22IN6P/c1-9-12(19(20-13)17(2)3)16-11(8-15-9)18-6-4-10(14)5-7-18/h8,10,20H,4-7,14H2,1-3H3. The van der Waals surface area contributed by atoms with Crippen LogP contribution in [0.1, 0.15) is 18.5 Å². The summed E-state index contributed by atoms with van der Waals surface area (Å²) in [6, 6.07) is 0.332. The summed E-state index contributed by atoms with van der Waals surface area (Å²) in [7, 11) is 4.05. The van der Waals surface area contributed by atoms with Gasteiger partial charge in [-0.15, -0.1) is 0 Å². The zero-order valence-electron chi connectivity index (χ0n) is 12.2. The number of anilines is 2. The number of nitrogens with two attached hydrogens (primary N) is 1. The van der Waals surface area contributed by atoms with E-state index in [1.807, 2.05) is 27.2 Å². The van der Waals surface area contributed by atoms with Gasteiger partial charge in [-0.3, -0.25) is 9.76 Å². The number of aromatic nitrogens is 2. The third-order valence-corrected chi connectivity index (χ3v) is 5.60. The predicted octanol–water partition coefficient (Wildman–Crippen LogP) is 1.94. The second-order valence-electron chi connectivity index (χ2n) is 5.21. The van der Waals surface area contributed by atoms with Crippen molar-refractivity contribution in [3.63, 3.8) is 0 Å². The van der Waals surface area contributed by atoms with Gasteiger partial charge in [0, 0.05) is 33.2 Å². The van der Waals surface area contributed by atoms with E-state index in [9.17, 15) is 0 Å². The molecule has 0 amide bonds. The van der Waals surface area contributed by atoms with Crippen molar-refractivity contribution < 1.29 is 0 Å². The number of hydrazine groups is 1. The first-order valence-corrected chi connectivity index (χ1v) is 10.8. The van der Waals surface area contributed by atoms with Gasteiger partial charge < -0.3 is 10.6 Å². The van der Waals surface area contributed by atoms with E-state index in [1.54, 1.807) is 0 Å². The average Bonchev–Trinajstić information content (AvgIpc) is 2.42. The summed E-state index contributed by atoms with van der Waals surface area (Å²) in [5.74, 6) is 1.90. The molecule has 0 aromatic carbocycles. The van der Waals surface area contributed by atoms with Crippen LogP contribution >= 0.6 is 28.4 Å². The highest BCUT2D eigenvalue weighted by Gasteiger charge is 2.20. The van der Waals surface area contributed by atoms with E-state index in [4.69, 9.17) is 10.7 Å². The molecule has 1 aliphatic rings. The lowest BCUT2D eigenvalue weighted by molar-refractivity contribution is 0.440. The minimum absolute atomic E-state index is 0.332. The van der Waals surface area contributed by atoms with Crippen LogP contribution in [0.5, 0.6) is 0 Å². The maximum atomic E-state index is 5.96. The van der Waals surface area contributed by atoms with Crippen molar-refractivity contribution in [3.05, 3.63) is 11.9 Å². The van der Waals surface area contributed by atoms with Gasteiger partial charge in [-0.2, -0.15) is 0 Å². The minimum atomic E-state index is 0.332. The Morgan fingerprint density at radius 1 is 1.40 bits per heavy atom. The average molecular weight is 408 g/mol. The Kier molecular flexibility index (Phi) is 5.77. The van der Waals surface area contributed by atoms with Gasteiger partial charge in [0.1, 0.15) is 5.82 Å². The second-order valence-corrected chi connectivity index (χ2v) is 7.25.